The molecule has 0 aliphatic carbocycles. The Hall–Kier alpha value is -1.47. The van der Waals surface area contributed by atoms with Crippen LogP contribution in [0.3, 0.4) is 0 Å². The number of aliphatic hydroxyl groups excluding tert-OH is 4. The van der Waals surface area contributed by atoms with Crippen LogP contribution in [0.1, 0.15) is 34.6 Å². The van der Waals surface area contributed by atoms with Crippen molar-refractivity contribution < 1.29 is 66.5 Å². The van der Waals surface area contributed by atoms with Gasteiger partial charge in [0, 0.05) is 6.92 Å². The quantitative estimate of drug-likeness (QED) is 0.0718. The minimum absolute atomic E-state index is 0.395. The summed E-state index contributed by atoms with van der Waals surface area (Å²) in [5, 5.41) is 50.6. The zero-order chi connectivity index (χ0) is 27.5. The van der Waals surface area contributed by atoms with E-state index in [9.17, 15) is 43.5 Å². The number of hydrogen-bond donors (Lipinski definition) is 7. The summed E-state index contributed by atoms with van der Waals surface area (Å²) in [5.74, 6) is -2.49. The van der Waals surface area contributed by atoms with E-state index >= 15 is 0 Å². The Bertz CT molecular complexity index is 744. The fourth-order valence-electron chi connectivity index (χ4n) is 2.89. The van der Waals surface area contributed by atoms with Gasteiger partial charge in [-0.25, -0.2) is 8.98 Å². The molecule has 0 aromatic rings. The molecule has 0 saturated carbocycles. The molecule has 0 aromatic heterocycles. The van der Waals surface area contributed by atoms with Gasteiger partial charge in [-0.05, 0) is 19.8 Å². The predicted molar refractivity (Wildman–Crippen MR) is 117 cm³/mol. The number of aliphatic hydroxyl groups is 4. The maximum absolute atomic E-state index is 11.8. The Labute approximate surface area is 203 Å². The number of rotatable bonds is 18. The lowest BCUT2D eigenvalue weighted by Gasteiger charge is -2.35. The second-order valence-electron chi connectivity index (χ2n) is 8.23. The Morgan fingerprint density at radius 3 is 1.91 bits per heavy atom. The summed E-state index contributed by atoms with van der Waals surface area (Å²) in [5.41, 5.74) is 0. The zero-order valence-corrected chi connectivity index (χ0v) is 21.0. The first-order valence-electron chi connectivity index (χ1n) is 10.7. The van der Waals surface area contributed by atoms with Gasteiger partial charge in [-0.15, -0.1) is 0 Å². The first kappa shape index (κ1) is 33.5. The molecule has 0 bridgehead atoms. The Kier molecular flexibility index (Phi) is 14.9. The highest BCUT2D eigenvalue weighted by atomic mass is 32.3. The highest BCUT2D eigenvalue weighted by Gasteiger charge is 2.35. The van der Waals surface area contributed by atoms with Crippen LogP contribution in [0.2, 0.25) is 0 Å². The van der Waals surface area contributed by atoms with Crippen LogP contribution in [0.5, 0.6) is 0 Å². The van der Waals surface area contributed by atoms with E-state index in [-0.39, 0.29) is 0 Å². The van der Waals surface area contributed by atoms with Crippen LogP contribution >= 0.6 is 0 Å². The smallest absolute Gasteiger partial charge is 0.397 e. The fourth-order valence-corrected chi connectivity index (χ4v) is 3.20. The van der Waals surface area contributed by atoms with Crippen molar-refractivity contribution in [2.45, 2.75) is 83.6 Å². The first-order chi connectivity index (χ1) is 16.0. The maximum atomic E-state index is 11.8. The van der Waals surface area contributed by atoms with Gasteiger partial charge in [0.25, 0.3) is 0 Å². The zero-order valence-electron chi connectivity index (χ0n) is 20.2. The summed E-state index contributed by atoms with van der Waals surface area (Å²) >= 11 is 0. The van der Waals surface area contributed by atoms with Crippen molar-refractivity contribution in [3.63, 3.8) is 0 Å². The molecule has 8 atom stereocenters. The average molecular weight is 536 g/mol. The first-order valence-corrected chi connectivity index (χ1v) is 12.1. The van der Waals surface area contributed by atoms with E-state index in [1.54, 1.807) is 13.8 Å². The Morgan fingerprint density at radius 2 is 1.54 bits per heavy atom. The number of ether oxygens (including phenoxy) is 3. The van der Waals surface area contributed by atoms with E-state index in [0.717, 1.165) is 6.92 Å². The van der Waals surface area contributed by atoms with Crippen molar-refractivity contribution in [3.05, 3.63) is 0 Å². The third-order valence-electron chi connectivity index (χ3n) is 4.60. The van der Waals surface area contributed by atoms with E-state index < -0.39 is 97.0 Å². The van der Waals surface area contributed by atoms with Crippen molar-refractivity contribution in [1.82, 2.24) is 5.32 Å². The van der Waals surface area contributed by atoms with Crippen molar-refractivity contribution in [3.8, 4) is 0 Å². The van der Waals surface area contributed by atoms with Crippen molar-refractivity contribution in [2.75, 3.05) is 19.8 Å². The highest BCUT2D eigenvalue weighted by molar-refractivity contribution is 7.80. The van der Waals surface area contributed by atoms with Crippen molar-refractivity contribution in [1.29, 1.82) is 0 Å². The molecule has 0 rings (SSSR count). The van der Waals surface area contributed by atoms with Crippen LogP contribution in [0.15, 0.2) is 0 Å². The molecule has 0 spiro atoms. The molecule has 0 aliphatic heterocycles. The standard InChI is InChI=1S/C19H37NO14S/c1-9(2)16(33-15(10(3)22)8-32-35(28,29)30)13(20-12(5)24)7-31-19(14(25)6-21)34-17(11(4)23)18(26)27/h9-11,13-17,19,21-23,25H,6-8H2,1-5H3,(H,20,24)(H,26,27)(H,28,29,30)/t10-,11+,13+,14+,15?,16?,17?,19?/m1/s1. The number of nitrogens with one attached hydrogen (secondary N) is 1. The molecule has 1 amide bonds. The molecule has 0 radical (unpaired) electrons. The Morgan fingerprint density at radius 1 is 0.971 bits per heavy atom. The van der Waals surface area contributed by atoms with Gasteiger partial charge in [-0.3, -0.25) is 9.35 Å². The lowest BCUT2D eigenvalue weighted by Crippen LogP contribution is -2.53. The highest BCUT2D eigenvalue weighted by Crippen LogP contribution is 2.19. The predicted octanol–water partition coefficient (Wildman–Crippen LogP) is -2.35. The Balaban J connectivity index is 5.79. The van der Waals surface area contributed by atoms with E-state index in [0.29, 0.717) is 0 Å². The second kappa shape index (κ2) is 15.6. The number of hydrogen-bond acceptors (Lipinski definition) is 12. The minimum Gasteiger partial charge on any atom is -0.479 e. The summed E-state index contributed by atoms with van der Waals surface area (Å²) in [6.07, 6.45) is -10.3. The van der Waals surface area contributed by atoms with Crippen LogP contribution in [-0.2, 0) is 38.4 Å². The summed E-state index contributed by atoms with van der Waals surface area (Å²) in [6.45, 7) is 4.83. The number of carbonyl (C=O) groups is 2. The molecular formula is C19H37NO14S. The third kappa shape index (κ3) is 13.4. The van der Waals surface area contributed by atoms with E-state index in [1.807, 2.05) is 0 Å². The maximum Gasteiger partial charge on any atom is 0.397 e. The number of carbonyl (C=O) groups excluding carboxylic acids is 1. The van der Waals surface area contributed by atoms with Gasteiger partial charge in [0.2, 0.25) is 5.91 Å². The van der Waals surface area contributed by atoms with Gasteiger partial charge >= 0.3 is 16.4 Å². The molecule has 0 heterocycles. The monoisotopic (exact) mass is 535 g/mol. The van der Waals surface area contributed by atoms with Crippen LogP contribution < -0.4 is 5.32 Å². The molecule has 15 nitrogen and oxygen atoms in total. The van der Waals surface area contributed by atoms with Gasteiger partial charge < -0.3 is 45.1 Å². The second-order valence-corrected chi connectivity index (χ2v) is 9.32. The van der Waals surface area contributed by atoms with Crippen LogP contribution in [0, 0.1) is 5.92 Å². The van der Waals surface area contributed by atoms with Crippen molar-refractivity contribution >= 4 is 22.3 Å². The summed E-state index contributed by atoms with van der Waals surface area (Å²) in [6, 6.07) is -1.02. The molecule has 0 aliphatic rings. The van der Waals surface area contributed by atoms with E-state index in [2.05, 4.69) is 9.50 Å². The summed E-state index contributed by atoms with van der Waals surface area (Å²) < 4.78 is 51.3. The van der Waals surface area contributed by atoms with Crippen molar-refractivity contribution in [2.24, 2.45) is 5.92 Å². The number of carboxylic acid groups (broad SMARTS) is 1. The largest absolute Gasteiger partial charge is 0.479 e. The van der Waals surface area contributed by atoms with Gasteiger partial charge in [0.15, 0.2) is 12.4 Å². The SMILES string of the molecule is CC(=O)N[C@@H](COC(OC(C(=O)O)[C@H](C)O)[C@@H](O)CO)C(OC(COS(=O)(=O)O)[C@@H](C)O)C(C)C. The number of carboxylic acids is 1. The molecule has 0 fully saturated rings. The number of amides is 1. The molecule has 4 unspecified atom stereocenters. The van der Waals surface area contributed by atoms with Gasteiger partial charge in [-0.1, -0.05) is 13.8 Å². The molecule has 208 valence electrons. The van der Waals surface area contributed by atoms with Crippen LogP contribution in [-0.4, -0.2) is 119 Å². The van der Waals surface area contributed by atoms with Gasteiger partial charge in [-0.2, -0.15) is 8.42 Å². The lowest BCUT2D eigenvalue weighted by atomic mass is 9.99. The molecular weight excluding hydrogens is 498 g/mol. The number of aliphatic carboxylic acids is 1. The van der Waals surface area contributed by atoms with E-state index in [4.69, 9.17) is 18.8 Å². The summed E-state index contributed by atoms with van der Waals surface area (Å²) in [7, 11) is -4.83. The third-order valence-corrected chi connectivity index (χ3v) is 5.03. The average Bonchev–Trinajstić information content (AvgIpc) is 2.70. The van der Waals surface area contributed by atoms with Crippen LogP contribution in [0.25, 0.3) is 0 Å². The van der Waals surface area contributed by atoms with Crippen LogP contribution in [0.4, 0.5) is 0 Å². The molecule has 35 heavy (non-hydrogen) atoms. The summed E-state index contributed by atoms with van der Waals surface area (Å²) in [4.78, 5) is 23.1. The van der Waals surface area contributed by atoms with E-state index in [1.165, 1.54) is 13.8 Å². The molecule has 16 heteroatoms. The van der Waals surface area contributed by atoms with Gasteiger partial charge in [0.05, 0.1) is 44.2 Å². The molecule has 7 N–H and O–H groups in total. The normalized spacial score (nSPS) is 19.3. The molecule has 0 saturated heterocycles. The minimum atomic E-state index is -4.83. The van der Waals surface area contributed by atoms with Gasteiger partial charge in [0.1, 0.15) is 12.2 Å². The molecule has 0 aromatic carbocycles. The lowest BCUT2D eigenvalue weighted by molar-refractivity contribution is -0.242. The topological polar surface area (TPSA) is 239 Å². The fraction of sp³-hybridized carbons (Fsp3) is 0.895.